The van der Waals surface area contributed by atoms with E-state index >= 15 is 0 Å². The van der Waals surface area contributed by atoms with Crippen molar-refractivity contribution in [3.05, 3.63) is 77.9 Å². The van der Waals surface area contributed by atoms with Crippen LogP contribution in [0, 0.1) is 5.82 Å². The van der Waals surface area contributed by atoms with Gasteiger partial charge in [-0.3, -0.25) is 0 Å². The molecule has 0 fully saturated rings. The van der Waals surface area contributed by atoms with Crippen molar-refractivity contribution >= 4 is 22.9 Å². The summed E-state index contributed by atoms with van der Waals surface area (Å²) in [6.45, 7) is 4.34. The Morgan fingerprint density at radius 2 is 1.71 bits per heavy atom. The van der Waals surface area contributed by atoms with E-state index in [1.165, 1.54) is 17.7 Å². The van der Waals surface area contributed by atoms with Crippen LogP contribution in [-0.4, -0.2) is 39.7 Å². The smallest absolute Gasteiger partial charge is 0.229 e. The monoisotopic (exact) mass is 418 g/mol. The molecule has 0 spiro atoms. The molecule has 0 atom stereocenters. The Hall–Kier alpha value is -3.48. The Labute approximate surface area is 181 Å². The van der Waals surface area contributed by atoms with Crippen molar-refractivity contribution in [2.45, 2.75) is 26.3 Å². The molecule has 0 aliphatic carbocycles. The maximum absolute atomic E-state index is 13.1. The molecule has 0 saturated carbocycles. The van der Waals surface area contributed by atoms with Crippen molar-refractivity contribution in [1.82, 2.24) is 19.5 Å². The van der Waals surface area contributed by atoms with Gasteiger partial charge in [-0.1, -0.05) is 42.5 Å². The Morgan fingerprint density at radius 1 is 0.968 bits per heavy atom. The van der Waals surface area contributed by atoms with E-state index in [4.69, 9.17) is 9.97 Å². The third-order valence-electron chi connectivity index (χ3n) is 5.33. The largest absolute Gasteiger partial charge is 0.368 e. The summed E-state index contributed by atoms with van der Waals surface area (Å²) in [6, 6.07) is 17.0. The first-order valence-corrected chi connectivity index (χ1v) is 10.6. The van der Waals surface area contributed by atoms with Gasteiger partial charge in [0, 0.05) is 26.7 Å². The standard InChI is InChI=1S/C24H27FN6/c1-3-31-17-27-21-22(26-15-13-19-9-11-20(25)12-10-19)28-24(29-23(21)31)30(2)16-14-18-7-5-4-6-8-18/h4-12,17H,3,13-16H2,1-2H3,(H,26,28,29). The molecule has 7 heteroatoms. The molecule has 0 amide bonds. The number of rotatable bonds is 9. The van der Waals surface area contributed by atoms with Crippen molar-refractivity contribution in [3.8, 4) is 0 Å². The Bertz CT molecular complexity index is 1120. The van der Waals surface area contributed by atoms with E-state index in [2.05, 4.69) is 46.4 Å². The van der Waals surface area contributed by atoms with Crippen LogP contribution in [0.2, 0.25) is 0 Å². The Morgan fingerprint density at radius 3 is 2.45 bits per heavy atom. The topological polar surface area (TPSA) is 58.9 Å². The second-order valence-electron chi connectivity index (χ2n) is 7.54. The highest BCUT2D eigenvalue weighted by atomic mass is 19.1. The number of fused-ring (bicyclic) bond motifs is 1. The predicted molar refractivity (Wildman–Crippen MR) is 123 cm³/mol. The lowest BCUT2D eigenvalue weighted by Crippen LogP contribution is -2.23. The molecule has 0 saturated heterocycles. The first kappa shape index (κ1) is 20.8. The summed E-state index contributed by atoms with van der Waals surface area (Å²) < 4.78 is 15.2. The minimum atomic E-state index is -0.220. The third-order valence-corrected chi connectivity index (χ3v) is 5.33. The summed E-state index contributed by atoms with van der Waals surface area (Å²) in [5, 5.41) is 3.41. The van der Waals surface area contributed by atoms with E-state index in [1.54, 1.807) is 18.5 Å². The minimum Gasteiger partial charge on any atom is -0.368 e. The highest BCUT2D eigenvalue weighted by Crippen LogP contribution is 2.22. The number of hydrogen-bond donors (Lipinski definition) is 1. The molecule has 0 unspecified atom stereocenters. The molecular weight excluding hydrogens is 391 g/mol. The molecule has 0 bridgehead atoms. The average molecular weight is 419 g/mol. The van der Waals surface area contributed by atoms with Crippen LogP contribution in [-0.2, 0) is 19.4 Å². The lowest BCUT2D eigenvalue weighted by atomic mass is 10.1. The quantitative estimate of drug-likeness (QED) is 0.439. The van der Waals surface area contributed by atoms with Crippen LogP contribution in [0.3, 0.4) is 0 Å². The summed E-state index contributed by atoms with van der Waals surface area (Å²) in [4.78, 5) is 16.2. The van der Waals surface area contributed by atoms with Crippen LogP contribution < -0.4 is 10.2 Å². The number of likely N-dealkylation sites (N-methyl/N-ethyl adjacent to an activating group) is 1. The van der Waals surface area contributed by atoms with Crippen LogP contribution in [0.5, 0.6) is 0 Å². The predicted octanol–water partition coefficient (Wildman–Crippen LogP) is 4.32. The maximum Gasteiger partial charge on any atom is 0.229 e. The highest BCUT2D eigenvalue weighted by molar-refractivity contribution is 5.84. The van der Waals surface area contributed by atoms with Crippen molar-refractivity contribution in [2.75, 3.05) is 30.4 Å². The fourth-order valence-corrected chi connectivity index (χ4v) is 3.48. The Kier molecular flexibility index (Phi) is 6.40. The zero-order valence-electron chi connectivity index (χ0n) is 17.9. The zero-order chi connectivity index (χ0) is 21.6. The number of imidazole rings is 1. The molecule has 1 N–H and O–H groups in total. The van der Waals surface area contributed by atoms with E-state index in [1.807, 2.05) is 17.7 Å². The number of halogens is 1. The van der Waals surface area contributed by atoms with Crippen molar-refractivity contribution in [2.24, 2.45) is 0 Å². The maximum atomic E-state index is 13.1. The number of anilines is 2. The summed E-state index contributed by atoms with van der Waals surface area (Å²) in [5.74, 6) is 1.17. The van der Waals surface area contributed by atoms with Crippen LogP contribution in [0.1, 0.15) is 18.1 Å². The molecule has 4 rings (SSSR count). The van der Waals surface area contributed by atoms with E-state index in [0.29, 0.717) is 12.5 Å². The number of benzene rings is 2. The van der Waals surface area contributed by atoms with Crippen LogP contribution in [0.25, 0.3) is 11.2 Å². The third kappa shape index (κ3) is 4.99. The van der Waals surface area contributed by atoms with Crippen LogP contribution in [0.4, 0.5) is 16.2 Å². The van der Waals surface area contributed by atoms with E-state index < -0.39 is 0 Å². The van der Waals surface area contributed by atoms with Crippen LogP contribution in [0.15, 0.2) is 60.9 Å². The molecule has 2 aromatic heterocycles. The number of hydrogen-bond acceptors (Lipinski definition) is 5. The SMILES string of the molecule is CCn1cnc2c(NCCc3ccc(F)cc3)nc(N(C)CCc3ccccc3)nc21. The zero-order valence-corrected chi connectivity index (χ0v) is 17.9. The van der Waals surface area contributed by atoms with Gasteiger partial charge in [0.1, 0.15) is 5.82 Å². The van der Waals surface area contributed by atoms with Crippen molar-refractivity contribution in [3.63, 3.8) is 0 Å². The normalized spacial score (nSPS) is 11.1. The second-order valence-corrected chi connectivity index (χ2v) is 7.54. The molecule has 0 aliphatic heterocycles. The molecule has 2 heterocycles. The molecular formula is C24H27FN6. The summed E-state index contributed by atoms with van der Waals surface area (Å²) in [6.07, 6.45) is 3.48. The van der Waals surface area contributed by atoms with Crippen LogP contribution >= 0.6 is 0 Å². The minimum absolute atomic E-state index is 0.220. The summed E-state index contributed by atoms with van der Waals surface area (Å²) in [5.41, 5.74) is 3.94. The van der Waals surface area contributed by atoms with Gasteiger partial charge in [-0.2, -0.15) is 9.97 Å². The van der Waals surface area contributed by atoms with Crippen molar-refractivity contribution < 1.29 is 4.39 Å². The fraction of sp³-hybridized carbons (Fsp3) is 0.292. The molecule has 160 valence electrons. The fourth-order valence-electron chi connectivity index (χ4n) is 3.48. The van der Waals surface area contributed by atoms with E-state index in [0.717, 1.165) is 48.5 Å². The molecule has 0 aliphatic rings. The van der Waals surface area contributed by atoms with E-state index in [9.17, 15) is 4.39 Å². The van der Waals surface area contributed by atoms with E-state index in [-0.39, 0.29) is 5.82 Å². The number of nitrogens with one attached hydrogen (secondary N) is 1. The van der Waals surface area contributed by atoms with Gasteiger partial charge in [-0.25, -0.2) is 9.37 Å². The molecule has 0 radical (unpaired) electrons. The van der Waals surface area contributed by atoms with Gasteiger partial charge < -0.3 is 14.8 Å². The first-order valence-electron chi connectivity index (χ1n) is 10.6. The number of aromatic nitrogens is 4. The van der Waals surface area contributed by atoms with Gasteiger partial charge >= 0.3 is 0 Å². The second kappa shape index (κ2) is 9.55. The van der Waals surface area contributed by atoms with Gasteiger partial charge in [0.05, 0.1) is 6.33 Å². The van der Waals surface area contributed by atoms with Gasteiger partial charge in [0.25, 0.3) is 0 Å². The summed E-state index contributed by atoms with van der Waals surface area (Å²) >= 11 is 0. The lowest BCUT2D eigenvalue weighted by Gasteiger charge is -2.18. The first-order chi connectivity index (χ1) is 15.1. The molecule has 31 heavy (non-hydrogen) atoms. The molecule has 2 aromatic carbocycles. The van der Waals surface area contributed by atoms with Gasteiger partial charge in [0.2, 0.25) is 5.95 Å². The molecule has 4 aromatic rings. The summed E-state index contributed by atoms with van der Waals surface area (Å²) in [7, 11) is 2.01. The van der Waals surface area contributed by atoms with Crippen molar-refractivity contribution in [1.29, 1.82) is 0 Å². The number of aryl methyl sites for hydroxylation is 1. The number of nitrogens with zero attached hydrogens (tertiary/aromatic N) is 5. The van der Waals surface area contributed by atoms with Gasteiger partial charge in [0.15, 0.2) is 17.0 Å². The molecule has 6 nitrogen and oxygen atoms in total. The average Bonchev–Trinajstić information content (AvgIpc) is 3.22. The highest BCUT2D eigenvalue weighted by Gasteiger charge is 2.15. The Balaban J connectivity index is 1.52. The lowest BCUT2D eigenvalue weighted by molar-refractivity contribution is 0.627. The van der Waals surface area contributed by atoms with Gasteiger partial charge in [-0.15, -0.1) is 0 Å². The van der Waals surface area contributed by atoms with Gasteiger partial charge in [-0.05, 0) is 43.0 Å².